The highest BCUT2D eigenvalue weighted by molar-refractivity contribution is 6.34. The van der Waals surface area contributed by atoms with Gasteiger partial charge in [0.15, 0.2) is 11.5 Å². The average Bonchev–Trinajstić information content (AvgIpc) is 2.41. The summed E-state index contributed by atoms with van der Waals surface area (Å²) in [5.74, 6) is -0.415. The number of rotatable bonds is 3. The number of carbonyl (C=O) groups excluding carboxylic acids is 2. The third-order valence-electron chi connectivity index (χ3n) is 2.96. The van der Waals surface area contributed by atoms with Gasteiger partial charge in [-0.25, -0.2) is 0 Å². The molecule has 0 bridgehead atoms. The van der Waals surface area contributed by atoms with Gasteiger partial charge in [0.1, 0.15) is 0 Å². The van der Waals surface area contributed by atoms with E-state index in [2.05, 4.69) is 0 Å². The Labute approximate surface area is 112 Å². The van der Waals surface area contributed by atoms with E-state index in [0.717, 1.165) is 11.3 Å². The summed E-state index contributed by atoms with van der Waals surface area (Å²) in [5, 5.41) is 0. The molecule has 0 aliphatic heterocycles. The number of methoxy groups -OCH3 is 1. The fourth-order valence-corrected chi connectivity index (χ4v) is 1.87. The maximum Gasteiger partial charge on any atom is 0.221 e. The smallest absolute Gasteiger partial charge is 0.221 e. The van der Waals surface area contributed by atoms with E-state index >= 15 is 0 Å². The van der Waals surface area contributed by atoms with Gasteiger partial charge < -0.3 is 9.64 Å². The zero-order chi connectivity index (χ0) is 14.0. The van der Waals surface area contributed by atoms with Gasteiger partial charge in [0.25, 0.3) is 0 Å². The van der Waals surface area contributed by atoms with Gasteiger partial charge in [-0.15, -0.1) is 0 Å². The Bertz CT molecular complexity index is 580. The van der Waals surface area contributed by atoms with Crippen molar-refractivity contribution < 1.29 is 14.3 Å². The van der Waals surface area contributed by atoms with Gasteiger partial charge in [-0.2, -0.15) is 0 Å². The lowest BCUT2D eigenvalue weighted by Gasteiger charge is -2.14. The van der Waals surface area contributed by atoms with E-state index in [1.165, 1.54) is 19.3 Å². The second kappa shape index (κ2) is 5.10. The monoisotopic (exact) mass is 257 g/mol. The van der Waals surface area contributed by atoms with Crippen molar-refractivity contribution in [3.05, 3.63) is 47.7 Å². The van der Waals surface area contributed by atoms with Crippen molar-refractivity contribution in [2.45, 2.75) is 0 Å². The Hall–Kier alpha value is -2.36. The molecule has 0 radical (unpaired) electrons. The summed E-state index contributed by atoms with van der Waals surface area (Å²) < 4.78 is 4.85. The number of hydrogen-bond acceptors (Lipinski definition) is 4. The number of carbonyl (C=O) groups is 2. The Morgan fingerprint density at radius 3 is 2.11 bits per heavy atom. The van der Waals surface area contributed by atoms with E-state index in [4.69, 9.17) is 4.74 Å². The highest BCUT2D eigenvalue weighted by Gasteiger charge is 2.21. The molecule has 1 aromatic carbocycles. The summed E-state index contributed by atoms with van der Waals surface area (Å²) >= 11 is 0. The second-order valence-electron chi connectivity index (χ2n) is 4.44. The normalized spacial score (nSPS) is 14.9. The van der Waals surface area contributed by atoms with Crippen LogP contribution in [-0.4, -0.2) is 32.8 Å². The van der Waals surface area contributed by atoms with Crippen LogP contribution in [0.5, 0.6) is 0 Å². The first-order valence-corrected chi connectivity index (χ1v) is 5.86. The van der Waals surface area contributed by atoms with Crippen LogP contribution in [0.25, 0.3) is 5.57 Å². The molecule has 0 aromatic heterocycles. The van der Waals surface area contributed by atoms with Crippen LogP contribution in [0.2, 0.25) is 0 Å². The first kappa shape index (κ1) is 13.1. The van der Waals surface area contributed by atoms with Gasteiger partial charge in [0.2, 0.25) is 5.78 Å². The third-order valence-corrected chi connectivity index (χ3v) is 2.96. The zero-order valence-corrected chi connectivity index (χ0v) is 11.1. The fraction of sp³-hybridized carbons (Fsp3) is 0.200. The van der Waals surface area contributed by atoms with Crippen molar-refractivity contribution >= 4 is 22.8 Å². The van der Waals surface area contributed by atoms with E-state index in [-0.39, 0.29) is 17.3 Å². The second-order valence-corrected chi connectivity index (χ2v) is 4.44. The first-order chi connectivity index (χ1) is 9.02. The lowest BCUT2D eigenvalue weighted by molar-refractivity contribution is -0.116. The van der Waals surface area contributed by atoms with Crippen LogP contribution in [0, 0.1) is 0 Å². The number of anilines is 1. The van der Waals surface area contributed by atoms with Crippen LogP contribution in [0.4, 0.5) is 5.69 Å². The minimum absolute atomic E-state index is 0.0821. The molecule has 1 aliphatic carbocycles. The summed E-state index contributed by atoms with van der Waals surface area (Å²) in [5.41, 5.74) is 2.17. The molecule has 0 amide bonds. The van der Waals surface area contributed by atoms with E-state index in [1.807, 2.05) is 43.3 Å². The molecule has 1 aromatic rings. The number of ether oxygens (including phenoxy) is 1. The molecular weight excluding hydrogens is 242 g/mol. The molecule has 0 saturated carbocycles. The molecule has 98 valence electrons. The van der Waals surface area contributed by atoms with Crippen molar-refractivity contribution in [3.63, 3.8) is 0 Å². The zero-order valence-electron chi connectivity index (χ0n) is 11.1. The van der Waals surface area contributed by atoms with Crippen LogP contribution in [-0.2, 0) is 14.3 Å². The number of benzene rings is 1. The summed E-state index contributed by atoms with van der Waals surface area (Å²) in [7, 11) is 5.26. The maximum absolute atomic E-state index is 11.9. The van der Waals surface area contributed by atoms with E-state index in [0.29, 0.717) is 5.57 Å². The van der Waals surface area contributed by atoms with Crippen molar-refractivity contribution in [1.82, 2.24) is 0 Å². The van der Waals surface area contributed by atoms with Crippen LogP contribution >= 0.6 is 0 Å². The van der Waals surface area contributed by atoms with Gasteiger partial charge in [0.05, 0.1) is 7.11 Å². The van der Waals surface area contributed by atoms with E-state index in [9.17, 15) is 9.59 Å². The molecule has 19 heavy (non-hydrogen) atoms. The number of nitrogens with zero attached hydrogens (tertiary/aromatic N) is 1. The predicted molar refractivity (Wildman–Crippen MR) is 73.9 cm³/mol. The molecule has 4 nitrogen and oxygen atoms in total. The van der Waals surface area contributed by atoms with Crippen molar-refractivity contribution in [3.8, 4) is 0 Å². The SMILES string of the molecule is COC1=CC(=O)C(c2ccc(N(C)C)cc2)=CC1=O. The Balaban J connectivity index is 2.33. The highest BCUT2D eigenvalue weighted by atomic mass is 16.5. The summed E-state index contributed by atoms with van der Waals surface area (Å²) in [6.07, 6.45) is 2.56. The molecule has 0 heterocycles. The lowest BCUT2D eigenvalue weighted by Crippen LogP contribution is -2.14. The van der Waals surface area contributed by atoms with Crippen molar-refractivity contribution in [2.24, 2.45) is 0 Å². The minimum atomic E-state index is -0.284. The molecule has 2 rings (SSSR count). The highest BCUT2D eigenvalue weighted by Crippen LogP contribution is 2.24. The average molecular weight is 257 g/mol. The Morgan fingerprint density at radius 2 is 1.58 bits per heavy atom. The molecular formula is C15H15NO3. The predicted octanol–water partition coefficient (Wildman–Crippen LogP) is 1.82. The van der Waals surface area contributed by atoms with Gasteiger partial charge >= 0.3 is 0 Å². The van der Waals surface area contributed by atoms with Crippen LogP contribution in [0.3, 0.4) is 0 Å². The maximum atomic E-state index is 11.9. The number of allylic oxidation sites excluding steroid dienone is 3. The largest absolute Gasteiger partial charge is 0.493 e. The quantitative estimate of drug-likeness (QED) is 0.775. The van der Waals surface area contributed by atoms with E-state index < -0.39 is 0 Å². The molecule has 0 spiro atoms. The third kappa shape index (κ3) is 2.57. The summed E-state index contributed by atoms with van der Waals surface area (Å²) in [4.78, 5) is 25.6. The fourth-order valence-electron chi connectivity index (χ4n) is 1.87. The molecule has 4 heteroatoms. The molecule has 0 saturated heterocycles. The summed E-state index contributed by atoms with van der Waals surface area (Å²) in [6, 6.07) is 7.48. The Kier molecular flexibility index (Phi) is 3.51. The van der Waals surface area contributed by atoms with Crippen molar-refractivity contribution in [1.29, 1.82) is 0 Å². The molecule has 0 fully saturated rings. The Morgan fingerprint density at radius 1 is 0.947 bits per heavy atom. The molecule has 0 unspecified atom stereocenters. The molecule has 0 atom stereocenters. The van der Waals surface area contributed by atoms with Gasteiger partial charge in [-0.3, -0.25) is 9.59 Å². The summed E-state index contributed by atoms with van der Waals surface area (Å²) in [6.45, 7) is 0. The van der Waals surface area contributed by atoms with Crippen molar-refractivity contribution in [2.75, 3.05) is 26.1 Å². The number of hydrogen-bond donors (Lipinski definition) is 0. The topological polar surface area (TPSA) is 46.6 Å². The lowest BCUT2D eigenvalue weighted by atomic mass is 9.95. The van der Waals surface area contributed by atoms with Gasteiger partial charge in [0, 0.05) is 37.5 Å². The minimum Gasteiger partial charge on any atom is -0.493 e. The first-order valence-electron chi connectivity index (χ1n) is 5.86. The molecule has 0 N–H and O–H groups in total. The number of ketones is 2. The van der Waals surface area contributed by atoms with Gasteiger partial charge in [-0.05, 0) is 17.7 Å². The molecule has 1 aliphatic rings. The van der Waals surface area contributed by atoms with E-state index in [1.54, 1.807) is 0 Å². The van der Waals surface area contributed by atoms with Gasteiger partial charge in [-0.1, -0.05) is 12.1 Å². The van der Waals surface area contributed by atoms with Crippen LogP contribution in [0.1, 0.15) is 5.56 Å². The van der Waals surface area contributed by atoms with Crippen LogP contribution < -0.4 is 4.90 Å². The van der Waals surface area contributed by atoms with Crippen LogP contribution in [0.15, 0.2) is 42.2 Å². The standard InChI is InChI=1S/C15H15NO3/c1-16(2)11-6-4-10(5-7-11)12-8-14(18)15(19-3)9-13(12)17/h4-9H,1-3H3.